The summed E-state index contributed by atoms with van der Waals surface area (Å²) in [6, 6.07) is 6.64. The van der Waals surface area contributed by atoms with Crippen LogP contribution in [-0.4, -0.2) is 22.9 Å². The van der Waals surface area contributed by atoms with Crippen LogP contribution < -0.4 is 5.46 Å². The van der Waals surface area contributed by atoms with Gasteiger partial charge in [-0.25, -0.2) is 0 Å². The van der Waals surface area contributed by atoms with E-state index in [9.17, 15) is 4.79 Å². The van der Waals surface area contributed by atoms with Crippen molar-refractivity contribution in [1.82, 2.24) is 0 Å². The van der Waals surface area contributed by atoms with Crippen molar-refractivity contribution >= 4 is 24.4 Å². The van der Waals surface area contributed by atoms with E-state index in [0.29, 0.717) is 5.46 Å². The van der Waals surface area contributed by atoms with Crippen LogP contribution in [0.1, 0.15) is 12.5 Å². The monoisotopic (exact) mass is 190 g/mol. The second-order valence-corrected chi connectivity index (χ2v) is 2.98. The number of allylic oxidation sites excluding steroid dienone is 1. The van der Waals surface area contributed by atoms with Crippen LogP contribution in [0.2, 0.25) is 0 Å². The Kier molecular flexibility index (Phi) is 3.62. The molecule has 3 nitrogen and oxygen atoms in total. The number of carbonyl (C=O) groups is 1. The average molecular weight is 190 g/mol. The SMILES string of the molecule is CC(=O)/C=C/c1ccc(B(O)O)cc1. The lowest BCUT2D eigenvalue weighted by molar-refractivity contribution is -0.112. The second-order valence-electron chi connectivity index (χ2n) is 2.98. The lowest BCUT2D eigenvalue weighted by Gasteiger charge is -1.98. The smallest absolute Gasteiger partial charge is 0.423 e. The molecule has 0 saturated carbocycles. The van der Waals surface area contributed by atoms with Crippen LogP contribution in [0.25, 0.3) is 6.08 Å². The average Bonchev–Trinajstić information content (AvgIpc) is 2.15. The molecular weight excluding hydrogens is 179 g/mol. The van der Waals surface area contributed by atoms with E-state index >= 15 is 0 Å². The van der Waals surface area contributed by atoms with Gasteiger partial charge in [0.05, 0.1) is 0 Å². The first-order valence-corrected chi connectivity index (χ1v) is 4.24. The van der Waals surface area contributed by atoms with Crippen molar-refractivity contribution in [3.05, 3.63) is 35.9 Å². The van der Waals surface area contributed by atoms with Gasteiger partial charge in [0.15, 0.2) is 5.78 Å². The maximum absolute atomic E-state index is 10.6. The Morgan fingerprint density at radius 1 is 1.29 bits per heavy atom. The van der Waals surface area contributed by atoms with Crippen molar-refractivity contribution in [2.75, 3.05) is 0 Å². The molecule has 0 atom stereocenters. The van der Waals surface area contributed by atoms with E-state index in [0.717, 1.165) is 5.56 Å². The van der Waals surface area contributed by atoms with E-state index in [1.54, 1.807) is 30.3 Å². The molecule has 0 unspecified atom stereocenters. The molecule has 0 fully saturated rings. The summed E-state index contributed by atoms with van der Waals surface area (Å²) in [7, 11) is -1.44. The van der Waals surface area contributed by atoms with Crippen molar-refractivity contribution in [1.29, 1.82) is 0 Å². The highest BCUT2D eigenvalue weighted by Gasteiger charge is 2.08. The second kappa shape index (κ2) is 4.74. The van der Waals surface area contributed by atoms with E-state index in [1.165, 1.54) is 13.0 Å². The highest BCUT2D eigenvalue weighted by atomic mass is 16.4. The lowest BCUT2D eigenvalue weighted by Crippen LogP contribution is -2.29. The van der Waals surface area contributed by atoms with Gasteiger partial charge in [0, 0.05) is 0 Å². The molecule has 72 valence electrons. The maximum atomic E-state index is 10.6. The highest BCUT2D eigenvalue weighted by molar-refractivity contribution is 6.58. The predicted octanol–water partition coefficient (Wildman–Crippen LogP) is -0.0314. The normalized spacial score (nSPS) is 10.5. The molecule has 2 N–H and O–H groups in total. The minimum atomic E-state index is -1.44. The number of carbonyl (C=O) groups excluding carboxylic acids is 1. The standard InChI is InChI=1S/C10H11BO3/c1-8(12)2-3-9-4-6-10(7-5-9)11(13)14/h2-7,13-14H,1H3/b3-2+. The van der Waals surface area contributed by atoms with Crippen molar-refractivity contribution < 1.29 is 14.8 Å². The Bertz CT molecular complexity index is 341. The van der Waals surface area contributed by atoms with Gasteiger partial charge >= 0.3 is 7.12 Å². The predicted molar refractivity (Wildman–Crippen MR) is 56.0 cm³/mol. The summed E-state index contributed by atoms with van der Waals surface area (Å²) in [5, 5.41) is 17.6. The van der Waals surface area contributed by atoms with E-state index in [-0.39, 0.29) is 5.78 Å². The van der Waals surface area contributed by atoms with Crippen LogP contribution in [0.4, 0.5) is 0 Å². The molecule has 0 aromatic heterocycles. The Morgan fingerprint density at radius 3 is 2.29 bits per heavy atom. The molecule has 0 radical (unpaired) electrons. The topological polar surface area (TPSA) is 57.5 Å². The van der Waals surface area contributed by atoms with Gasteiger partial charge in [-0.1, -0.05) is 30.3 Å². The molecule has 0 spiro atoms. The van der Waals surface area contributed by atoms with Gasteiger partial charge in [0.1, 0.15) is 0 Å². The fraction of sp³-hybridized carbons (Fsp3) is 0.100. The van der Waals surface area contributed by atoms with Gasteiger partial charge in [0.2, 0.25) is 0 Å². The van der Waals surface area contributed by atoms with Gasteiger partial charge in [-0.2, -0.15) is 0 Å². The first-order chi connectivity index (χ1) is 6.59. The van der Waals surface area contributed by atoms with Gasteiger partial charge in [-0.15, -0.1) is 0 Å². The Hall–Kier alpha value is -1.39. The molecule has 14 heavy (non-hydrogen) atoms. The molecular formula is C10H11BO3. The molecule has 0 aliphatic heterocycles. The fourth-order valence-corrected chi connectivity index (χ4v) is 0.993. The van der Waals surface area contributed by atoms with Crippen molar-refractivity contribution in [2.45, 2.75) is 6.92 Å². The minimum Gasteiger partial charge on any atom is -0.423 e. The molecule has 1 aromatic rings. The Balaban J connectivity index is 2.78. The van der Waals surface area contributed by atoms with E-state index in [4.69, 9.17) is 10.0 Å². The van der Waals surface area contributed by atoms with Crippen LogP contribution in [0, 0.1) is 0 Å². The van der Waals surface area contributed by atoms with Crippen LogP contribution in [0.5, 0.6) is 0 Å². The zero-order valence-electron chi connectivity index (χ0n) is 7.84. The molecule has 0 aliphatic carbocycles. The quantitative estimate of drug-likeness (QED) is 0.519. The Labute approximate surface area is 82.8 Å². The summed E-state index contributed by atoms with van der Waals surface area (Å²) >= 11 is 0. The Morgan fingerprint density at radius 2 is 1.86 bits per heavy atom. The molecule has 0 heterocycles. The van der Waals surface area contributed by atoms with E-state index in [1.807, 2.05) is 0 Å². The fourth-order valence-electron chi connectivity index (χ4n) is 0.993. The summed E-state index contributed by atoms with van der Waals surface area (Å²) < 4.78 is 0. The molecule has 0 amide bonds. The maximum Gasteiger partial charge on any atom is 0.488 e. The number of hydrogen-bond donors (Lipinski definition) is 2. The highest BCUT2D eigenvalue weighted by Crippen LogP contribution is 2.00. The molecule has 0 bridgehead atoms. The van der Waals surface area contributed by atoms with E-state index < -0.39 is 7.12 Å². The molecule has 0 saturated heterocycles. The largest absolute Gasteiger partial charge is 0.488 e. The third-order valence-corrected chi connectivity index (χ3v) is 1.75. The summed E-state index contributed by atoms with van der Waals surface area (Å²) in [6.07, 6.45) is 3.14. The van der Waals surface area contributed by atoms with Crippen LogP contribution in [0.3, 0.4) is 0 Å². The van der Waals surface area contributed by atoms with Crippen LogP contribution >= 0.6 is 0 Å². The molecule has 1 aromatic carbocycles. The molecule has 0 aliphatic rings. The molecule has 1 rings (SSSR count). The van der Waals surface area contributed by atoms with Gasteiger partial charge < -0.3 is 10.0 Å². The van der Waals surface area contributed by atoms with Gasteiger partial charge in [-0.3, -0.25) is 4.79 Å². The summed E-state index contributed by atoms with van der Waals surface area (Å²) in [4.78, 5) is 10.6. The van der Waals surface area contributed by atoms with Gasteiger partial charge in [0.25, 0.3) is 0 Å². The van der Waals surface area contributed by atoms with Crippen molar-refractivity contribution in [3.63, 3.8) is 0 Å². The summed E-state index contributed by atoms with van der Waals surface area (Å²) in [6.45, 7) is 1.47. The zero-order chi connectivity index (χ0) is 10.6. The first kappa shape index (κ1) is 10.7. The number of benzene rings is 1. The minimum absolute atomic E-state index is 0.0173. The number of ketones is 1. The van der Waals surface area contributed by atoms with Crippen molar-refractivity contribution in [3.8, 4) is 0 Å². The van der Waals surface area contributed by atoms with E-state index in [2.05, 4.69) is 0 Å². The first-order valence-electron chi connectivity index (χ1n) is 4.24. The van der Waals surface area contributed by atoms with Gasteiger partial charge in [-0.05, 0) is 24.0 Å². The van der Waals surface area contributed by atoms with Crippen molar-refractivity contribution in [2.24, 2.45) is 0 Å². The number of rotatable bonds is 3. The third-order valence-electron chi connectivity index (χ3n) is 1.75. The summed E-state index contributed by atoms with van der Waals surface area (Å²) in [5.41, 5.74) is 1.29. The lowest BCUT2D eigenvalue weighted by atomic mass is 9.80. The third kappa shape index (κ3) is 3.16. The zero-order valence-corrected chi connectivity index (χ0v) is 7.84. The van der Waals surface area contributed by atoms with Crippen LogP contribution in [0.15, 0.2) is 30.3 Å². The number of hydrogen-bond acceptors (Lipinski definition) is 3. The molecule has 4 heteroatoms. The van der Waals surface area contributed by atoms with Crippen LogP contribution in [-0.2, 0) is 4.79 Å². The summed E-state index contributed by atoms with van der Waals surface area (Å²) in [5.74, 6) is -0.0173.